The summed E-state index contributed by atoms with van der Waals surface area (Å²) >= 11 is 0. The number of hydrogen-bond donors (Lipinski definition) is 0. The third-order valence-electron chi connectivity index (χ3n) is 5.63. The van der Waals surface area contributed by atoms with Crippen molar-refractivity contribution >= 4 is 36.1 Å². The summed E-state index contributed by atoms with van der Waals surface area (Å²) in [5, 5.41) is 0. The van der Waals surface area contributed by atoms with Gasteiger partial charge in [-0.25, -0.2) is 0 Å². The molecule has 0 N–H and O–H groups in total. The smallest absolute Gasteiger partial charge is 0.0367 e. The first-order valence-corrected chi connectivity index (χ1v) is 9.65. The third kappa shape index (κ3) is 5.75. The molecule has 4 heteroatoms. The van der Waals surface area contributed by atoms with Crippen molar-refractivity contribution in [2.24, 2.45) is 5.92 Å². The normalized spacial score (nSPS) is 20.2. The molecule has 0 bridgehead atoms. The molecule has 1 atom stereocenters. The highest BCUT2D eigenvalue weighted by atomic mass is 35.5. The first kappa shape index (κ1) is 21.8. The van der Waals surface area contributed by atoms with Gasteiger partial charge in [0.15, 0.2) is 0 Å². The minimum Gasteiger partial charge on any atom is -0.369 e. The van der Waals surface area contributed by atoms with Crippen molar-refractivity contribution in [3.63, 3.8) is 0 Å². The van der Waals surface area contributed by atoms with Crippen LogP contribution in [-0.4, -0.2) is 37.6 Å². The van der Waals surface area contributed by atoms with Crippen LogP contribution in [0.25, 0.3) is 5.57 Å². The fraction of sp³-hybridized carbons (Fsp3) is 0.391. The van der Waals surface area contributed by atoms with Crippen LogP contribution in [-0.2, 0) is 0 Å². The summed E-state index contributed by atoms with van der Waals surface area (Å²) in [5.41, 5.74) is 4.34. The van der Waals surface area contributed by atoms with Gasteiger partial charge in [0.1, 0.15) is 0 Å². The Balaban J connectivity index is 0.00000131. The number of halogens is 2. The highest BCUT2D eigenvalue weighted by molar-refractivity contribution is 5.85. The van der Waals surface area contributed by atoms with Crippen LogP contribution < -0.4 is 4.90 Å². The van der Waals surface area contributed by atoms with Gasteiger partial charge in [0.2, 0.25) is 0 Å². The maximum atomic E-state index is 2.68. The zero-order chi connectivity index (χ0) is 16.9. The van der Waals surface area contributed by atoms with Gasteiger partial charge < -0.3 is 4.90 Å². The number of benzene rings is 2. The summed E-state index contributed by atoms with van der Waals surface area (Å²) in [6.07, 6.45) is 6.27. The van der Waals surface area contributed by atoms with Gasteiger partial charge in [0.05, 0.1) is 0 Å². The molecule has 0 radical (unpaired) electrons. The second-order valence-corrected chi connectivity index (χ2v) is 7.37. The Labute approximate surface area is 176 Å². The highest BCUT2D eigenvalue weighted by Crippen LogP contribution is 2.31. The molecule has 4 rings (SSSR count). The summed E-state index contributed by atoms with van der Waals surface area (Å²) in [4.78, 5) is 5.20. The second kappa shape index (κ2) is 10.8. The molecule has 1 heterocycles. The minimum absolute atomic E-state index is 0. The average molecular weight is 405 g/mol. The Hall–Kier alpha value is -1.48. The molecule has 2 aromatic rings. The van der Waals surface area contributed by atoms with Crippen molar-refractivity contribution in [3.8, 4) is 0 Å². The quantitative estimate of drug-likeness (QED) is 0.659. The molecule has 1 fully saturated rings. The van der Waals surface area contributed by atoms with Gasteiger partial charge in [0.25, 0.3) is 0 Å². The molecular weight excluding hydrogens is 375 g/mol. The van der Waals surface area contributed by atoms with E-state index in [1.54, 1.807) is 5.57 Å². The van der Waals surface area contributed by atoms with Crippen molar-refractivity contribution in [2.45, 2.75) is 19.3 Å². The summed E-state index contributed by atoms with van der Waals surface area (Å²) in [6.45, 7) is 5.94. The van der Waals surface area contributed by atoms with E-state index in [0.29, 0.717) is 0 Å². The number of allylic oxidation sites excluding steroid dienone is 2. The van der Waals surface area contributed by atoms with E-state index in [4.69, 9.17) is 0 Å². The molecular formula is C23H30Cl2N2. The molecule has 1 saturated heterocycles. The van der Waals surface area contributed by atoms with E-state index >= 15 is 0 Å². The zero-order valence-electron chi connectivity index (χ0n) is 15.8. The van der Waals surface area contributed by atoms with Gasteiger partial charge in [0, 0.05) is 38.4 Å². The molecule has 27 heavy (non-hydrogen) atoms. The van der Waals surface area contributed by atoms with Crippen molar-refractivity contribution < 1.29 is 0 Å². The van der Waals surface area contributed by atoms with Crippen molar-refractivity contribution in [1.82, 2.24) is 4.90 Å². The van der Waals surface area contributed by atoms with E-state index in [1.165, 1.54) is 50.1 Å². The molecule has 146 valence electrons. The van der Waals surface area contributed by atoms with E-state index < -0.39 is 0 Å². The van der Waals surface area contributed by atoms with Gasteiger partial charge in [-0.1, -0.05) is 54.6 Å². The van der Waals surface area contributed by atoms with Crippen LogP contribution in [0.4, 0.5) is 5.69 Å². The molecule has 1 aliphatic heterocycles. The number of hydrogen-bond acceptors (Lipinski definition) is 2. The van der Waals surface area contributed by atoms with Crippen LogP contribution in [0, 0.1) is 5.92 Å². The first-order valence-electron chi connectivity index (χ1n) is 9.65. The van der Waals surface area contributed by atoms with Crippen LogP contribution >= 0.6 is 24.8 Å². The lowest BCUT2D eigenvalue weighted by Gasteiger charge is -2.38. The highest BCUT2D eigenvalue weighted by Gasteiger charge is 2.22. The van der Waals surface area contributed by atoms with Crippen molar-refractivity contribution in [2.75, 3.05) is 37.6 Å². The molecule has 2 aromatic carbocycles. The number of para-hydroxylation sites is 1. The third-order valence-corrected chi connectivity index (χ3v) is 5.63. The number of anilines is 1. The molecule has 0 saturated carbocycles. The van der Waals surface area contributed by atoms with Gasteiger partial charge in [-0.05, 0) is 48.4 Å². The largest absolute Gasteiger partial charge is 0.369 e. The van der Waals surface area contributed by atoms with Crippen LogP contribution in [0.5, 0.6) is 0 Å². The first-order chi connectivity index (χ1) is 12.4. The predicted octanol–water partition coefficient (Wildman–Crippen LogP) is 5.54. The van der Waals surface area contributed by atoms with Crippen molar-refractivity contribution in [3.05, 3.63) is 72.3 Å². The molecule has 1 aliphatic carbocycles. The Bertz CT molecular complexity index is 695. The van der Waals surface area contributed by atoms with Gasteiger partial charge in [-0.3, -0.25) is 4.90 Å². The second-order valence-electron chi connectivity index (χ2n) is 7.37. The molecule has 2 nitrogen and oxygen atoms in total. The van der Waals surface area contributed by atoms with Crippen molar-refractivity contribution in [1.29, 1.82) is 0 Å². The van der Waals surface area contributed by atoms with Crippen LogP contribution in [0.15, 0.2) is 66.7 Å². The van der Waals surface area contributed by atoms with E-state index in [-0.39, 0.29) is 24.8 Å². The maximum absolute atomic E-state index is 2.68. The standard InChI is InChI=1S/C23H28N2.2ClH/c1-3-9-21(10-4-1)22-11-7-8-20(18-22)19-24-14-16-25(17-15-24)23-12-5-2-6-13-23;;/h1-6,9-13,20H,7-8,14-19H2;2*1H. The predicted molar refractivity (Wildman–Crippen MR) is 121 cm³/mol. The van der Waals surface area contributed by atoms with Gasteiger partial charge in [-0.15, -0.1) is 24.8 Å². The van der Waals surface area contributed by atoms with E-state index in [9.17, 15) is 0 Å². The summed E-state index contributed by atoms with van der Waals surface area (Å²) in [7, 11) is 0. The van der Waals surface area contributed by atoms with Gasteiger partial charge >= 0.3 is 0 Å². The topological polar surface area (TPSA) is 6.48 Å². The van der Waals surface area contributed by atoms with Crippen LogP contribution in [0.1, 0.15) is 24.8 Å². The van der Waals surface area contributed by atoms with E-state index in [1.807, 2.05) is 0 Å². The number of piperazine rings is 1. The fourth-order valence-corrected chi connectivity index (χ4v) is 4.23. The molecule has 1 unspecified atom stereocenters. The summed E-state index contributed by atoms with van der Waals surface area (Å²) in [5.74, 6) is 0.809. The van der Waals surface area contributed by atoms with E-state index in [2.05, 4.69) is 76.5 Å². The maximum Gasteiger partial charge on any atom is 0.0367 e. The summed E-state index contributed by atoms with van der Waals surface area (Å²) < 4.78 is 0. The van der Waals surface area contributed by atoms with Crippen LogP contribution in [0.3, 0.4) is 0 Å². The molecule has 2 aliphatic rings. The molecule has 0 amide bonds. The van der Waals surface area contributed by atoms with E-state index in [0.717, 1.165) is 19.0 Å². The lowest BCUT2D eigenvalue weighted by Crippen LogP contribution is -2.47. The fourth-order valence-electron chi connectivity index (χ4n) is 4.23. The average Bonchev–Trinajstić information content (AvgIpc) is 2.70. The lowest BCUT2D eigenvalue weighted by atomic mass is 9.85. The number of nitrogens with zero attached hydrogens (tertiary/aromatic N) is 2. The molecule has 0 spiro atoms. The summed E-state index contributed by atoms with van der Waals surface area (Å²) in [6, 6.07) is 21.8. The monoisotopic (exact) mass is 404 g/mol. The van der Waals surface area contributed by atoms with Crippen LogP contribution in [0.2, 0.25) is 0 Å². The Kier molecular flexibility index (Phi) is 8.69. The Morgan fingerprint density at radius 3 is 2.07 bits per heavy atom. The minimum atomic E-state index is 0. The van der Waals surface area contributed by atoms with Gasteiger partial charge in [-0.2, -0.15) is 0 Å². The Morgan fingerprint density at radius 2 is 1.41 bits per heavy atom. The number of rotatable bonds is 4. The molecule has 0 aromatic heterocycles. The zero-order valence-corrected chi connectivity index (χ0v) is 17.4. The Morgan fingerprint density at radius 1 is 0.778 bits per heavy atom. The lowest BCUT2D eigenvalue weighted by molar-refractivity contribution is 0.213. The SMILES string of the molecule is C1=C(c2ccccc2)CC(CN2CCN(c3ccccc3)CC2)CC1.Cl.Cl.